The van der Waals surface area contributed by atoms with Crippen molar-refractivity contribution in [3.63, 3.8) is 0 Å². The molecule has 4 amide bonds. The monoisotopic (exact) mass is 364 g/mol. The van der Waals surface area contributed by atoms with E-state index in [1.165, 1.54) is 10.5 Å². The van der Waals surface area contributed by atoms with Gasteiger partial charge >= 0.3 is 6.03 Å². The van der Waals surface area contributed by atoms with Crippen LogP contribution in [0, 0.1) is 0 Å². The van der Waals surface area contributed by atoms with Gasteiger partial charge in [0, 0.05) is 36.7 Å². The Balaban J connectivity index is 1.39. The van der Waals surface area contributed by atoms with E-state index in [-0.39, 0.29) is 18.4 Å². The van der Waals surface area contributed by atoms with Crippen molar-refractivity contribution in [2.24, 2.45) is 0 Å². The molecule has 138 valence electrons. The summed E-state index contributed by atoms with van der Waals surface area (Å²) >= 11 is 0. The molecule has 3 heterocycles. The van der Waals surface area contributed by atoms with E-state index in [1.807, 2.05) is 29.4 Å². The summed E-state index contributed by atoms with van der Waals surface area (Å²) in [7, 11) is 0. The summed E-state index contributed by atoms with van der Waals surface area (Å²) in [5.41, 5.74) is 2.47. The molecule has 0 saturated carbocycles. The summed E-state index contributed by atoms with van der Waals surface area (Å²) in [5.74, 6) is 0.138. The fourth-order valence-corrected chi connectivity index (χ4v) is 3.67. The highest BCUT2D eigenvalue weighted by molar-refractivity contribution is 6.12. The standard InChI is InChI=1S/C20H20N4O3/c25-18-13-24(20(27)22-18)17-3-1-16(2-4-17)19(26)23-11-7-15(8-12-23)14-5-9-21-10-6-14/h1-6,9-10,15H,7-8,11-13H2,(H,22,25,27). The van der Waals surface area contributed by atoms with Gasteiger partial charge < -0.3 is 4.90 Å². The lowest BCUT2D eigenvalue weighted by Crippen LogP contribution is -2.38. The minimum atomic E-state index is -0.433. The smallest absolute Gasteiger partial charge is 0.329 e. The minimum absolute atomic E-state index is 0.00308. The molecule has 7 nitrogen and oxygen atoms in total. The largest absolute Gasteiger partial charge is 0.339 e. The van der Waals surface area contributed by atoms with E-state index in [9.17, 15) is 14.4 Å². The fraction of sp³-hybridized carbons (Fsp3) is 0.300. The quantitative estimate of drug-likeness (QED) is 0.846. The average Bonchev–Trinajstić information content (AvgIpc) is 3.06. The van der Waals surface area contributed by atoms with Gasteiger partial charge in [0.1, 0.15) is 6.54 Å². The van der Waals surface area contributed by atoms with Gasteiger partial charge in [-0.15, -0.1) is 0 Å². The van der Waals surface area contributed by atoms with Gasteiger partial charge in [-0.05, 0) is 60.7 Å². The average molecular weight is 364 g/mol. The number of hydrogen-bond donors (Lipinski definition) is 1. The number of carbonyl (C=O) groups is 3. The molecular formula is C20H20N4O3. The van der Waals surface area contributed by atoms with Crippen molar-refractivity contribution in [3.05, 3.63) is 59.9 Å². The maximum atomic E-state index is 12.8. The van der Waals surface area contributed by atoms with Crippen LogP contribution in [0.5, 0.6) is 0 Å². The number of nitrogens with zero attached hydrogens (tertiary/aromatic N) is 3. The summed E-state index contributed by atoms with van der Waals surface area (Å²) < 4.78 is 0. The van der Waals surface area contributed by atoms with E-state index in [2.05, 4.69) is 10.3 Å². The van der Waals surface area contributed by atoms with E-state index >= 15 is 0 Å². The molecule has 2 fully saturated rings. The van der Waals surface area contributed by atoms with Crippen LogP contribution in [0.4, 0.5) is 10.5 Å². The van der Waals surface area contributed by atoms with Gasteiger partial charge in [0.25, 0.3) is 5.91 Å². The highest BCUT2D eigenvalue weighted by atomic mass is 16.2. The van der Waals surface area contributed by atoms with Crippen molar-refractivity contribution in [3.8, 4) is 0 Å². The third-order valence-corrected chi connectivity index (χ3v) is 5.18. The topological polar surface area (TPSA) is 82.6 Å². The van der Waals surface area contributed by atoms with Gasteiger partial charge in [-0.25, -0.2) is 4.79 Å². The van der Waals surface area contributed by atoms with Crippen LogP contribution in [0.15, 0.2) is 48.8 Å². The lowest BCUT2D eigenvalue weighted by molar-refractivity contribution is -0.117. The number of likely N-dealkylation sites (tertiary alicyclic amines) is 1. The Kier molecular flexibility index (Phi) is 4.58. The summed E-state index contributed by atoms with van der Waals surface area (Å²) in [6.07, 6.45) is 5.49. The van der Waals surface area contributed by atoms with Crippen LogP contribution in [-0.2, 0) is 4.79 Å². The van der Waals surface area contributed by atoms with Crippen LogP contribution in [0.2, 0.25) is 0 Å². The number of rotatable bonds is 3. The molecule has 0 radical (unpaired) electrons. The first kappa shape index (κ1) is 17.2. The number of aromatic nitrogens is 1. The molecular weight excluding hydrogens is 344 g/mol. The molecule has 27 heavy (non-hydrogen) atoms. The number of benzene rings is 1. The summed E-state index contributed by atoms with van der Waals surface area (Å²) in [5, 5.41) is 2.24. The second kappa shape index (κ2) is 7.19. The van der Waals surface area contributed by atoms with E-state index in [4.69, 9.17) is 0 Å². The van der Waals surface area contributed by atoms with Gasteiger partial charge in [0.2, 0.25) is 5.91 Å². The van der Waals surface area contributed by atoms with Crippen molar-refractivity contribution < 1.29 is 14.4 Å². The zero-order valence-corrected chi connectivity index (χ0v) is 14.8. The number of anilines is 1. The number of carbonyl (C=O) groups excluding carboxylic acids is 3. The molecule has 1 N–H and O–H groups in total. The normalized spacial score (nSPS) is 17.9. The van der Waals surface area contributed by atoms with Crippen LogP contribution in [-0.4, -0.2) is 47.4 Å². The third-order valence-electron chi connectivity index (χ3n) is 5.18. The van der Waals surface area contributed by atoms with Gasteiger partial charge in [-0.3, -0.25) is 24.8 Å². The highest BCUT2D eigenvalue weighted by Crippen LogP contribution is 2.28. The number of nitrogens with one attached hydrogen (secondary N) is 1. The van der Waals surface area contributed by atoms with Crippen molar-refractivity contribution >= 4 is 23.5 Å². The Labute approximate surface area is 157 Å². The maximum absolute atomic E-state index is 12.8. The van der Waals surface area contributed by atoms with E-state index in [0.717, 1.165) is 25.9 Å². The Bertz CT molecular complexity index is 859. The molecule has 0 bridgehead atoms. The van der Waals surface area contributed by atoms with Gasteiger partial charge in [0.15, 0.2) is 0 Å². The van der Waals surface area contributed by atoms with Crippen molar-refractivity contribution in [1.82, 2.24) is 15.2 Å². The molecule has 2 aliphatic rings. The SMILES string of the molecule is O=C1CN(c2ccc(C(=O)N3CCC(c4ccncc4)CC3)cc2)C(=O)N1. The molecule has 7 heteroatoms. The lowest BCUT2D eigenvalue weighted by atomic mass is 9.90. The number of imide groups is 1. The molecule has 1 aromatic carbocycles. The molecule has 0 unspecified atom stereocenters. The molecule has 2 aliphatic heterocycles. The molecule has 2 saturated heterocycles. The Morgan fingerprint density at radius 1 is 1.00 bits per heavy atom. The number of piperidine rings is 1. The lowest BCUT2D eigenvalue weighted by Gasteiger charge is -2.32. The molecule has 2 aromatic rings. The molecule has 0 spiro atoms. The molecule has 0 atom stereocenters. The van der Waals surface area contributed by atoms with Crippen LogP contribution in [0.25, 0.3) is 0 Å². The summed E-state index contributed by atoms with van der Waals surface area (Å²) in [6, 6.07) is 10.5. The van der Waals surface area contributed by atoms with E-state index < -0.39 is 6.03 Å². The van der Waals surface area contributed by atoms with Gasteiger partial charge in [0.05, 0.1) is 0 Å². The molecule has 0 aliphatic carbocycles. The van der Waals surface area contributed by atoms with Gasteiger partial charge in [-0.1, -0.05) is 0 Å². The fourth-order valence-electron chi connectivity index (χ4n) is 3.67. The molecule has 1 aromatic heterocycles. The van der Waals surface area contributed by atoms with Crippen LogP contribution < -0.4 is 10.2 Å². The molecule has 4 rings (SSSR count). The van der Waals surface area contributed by atoms with Crippen molar-refractivity contribution in [2.75, 3.05) is 24.5 Å². The second-order valence-electron chi connectivity index (χ2n) is 6.83. The number of amides is 4. The van der Waals surface area contributed by atoms with Crippen LogP contribution >= 0.6 is 0 Å². The number of urea groups is 1. The van der Waals surface area contributed by atoms with Crippen LogP contribution in [0.1, 0.15) is 34.7 Å². The first-order chi connectivity index (χ1) is 13.1. The predicted molar refractivity (Wildman–Crippen MR) is 99.4 cm³/mol. The highest BCUT2D eigenvalue weighted by Gasteiger charge is 2.28. The Hall–Kier alpha value is -3.22. The zero-order chi connectivity index (χ0) is 18.8. The number of pyridine rings is 1. The third kappa shape index (κ3) is 3.53. The Morgan fingerprint density at radius 2 is 1.67 bits per heavy atom. The summed E-state index contributed by atoms with van der Waals surface area (Å²) in [4.78, 5) is 43.1. The predicted octanol–water partition coefficient (Wildman–Crippen LogP) is 2.16. The Morgan fingerprint density at radius 3 is 2.26 bits per heavy atom. The van der Waals surface area contributed by atoms with Crippen LogP contribution in [0.3, 0.4) is 0 Å². The first-order valence-corrected chi connectivity index (χ1v) is 9.02. The summed E-state index contributed by atoms with van der Waals surface area (Å²) in [6.45, 7) is 1.45. The zero-order valence-electron chi connectivity index (χ0n) is 14.8. The van der Waals surface area contributed by atoms with Crippen molar-refractivity contribution in [1.29, 1.82) is 0 Å². The maximum Gasteiger partial charge on any atom is 0.329 e. The van der Waals surface area contributed by atoms with E-state index in [0.29, 0.717) is 17.2 Å². The van der Waals surface area contributed by atoms with Crippen molar-refractivity contribution in [2.45, 2.75) is 18.8 Å². The van der Waals surface area contributed by atoms with Gasteiger partial charge in [-0.2, -0.15) is 0 Å². The minimum Gasteiger partial charge on any atom is -0.339 e. The first-order valence-electron chi connectivity index (χ1n) is 9.02. The second-order valence-corrected chi connectivity index (χ2v) is 6.83. The van der Waals surface area contributed by atoms with E-state index in [1.54, 1.807) is 24.3 Å². The number of hydrogen-bond acceptors (Lipinski definition) is 4.